The summed E-state index contributed by atoms with van der Waals surface area (Å²) in [5.41, 5.74) is 7.42. The zero-order valence-corrected chi connectivity index (χ0v) is 12.3. The summed E-state index contributed by atoms with van der Waals surface area (Å²) in [7, 11) is 0. The van der Waals surface area contributed by atoms with Crippen molar-refractivity contribution < 1.29 is 0 Å². The van der Waals surface area contributed by atoms with Crippen LogP contribution in [0.15, 0.2) is 60.7 Å². The van der Waals surface area contributed by atoms with Crippen LogP contribution in [0.1, 0.15) is 34.2 Å². The predicted octanol–water partition coefficient (Wildman–Crippen LogP) is 4.91. The van der Waals surface area contributed by atoms with Crippen molar-refractivity contribution in [3.8, 4) is 11.8 Å². The Morgan fingerprint density at radius 3 is 2.43 bits per heavy atom. The minimum absolute atomic E-state index is 1.06. The molecular weight excluding hydrogens is 252 g/mol. The molecule has 0 nitrogen and oxygen atoms in total. The first kappa shape index (κ1) is 13.5. The average molecular weight is 270 g/mol. The van der Waals surface area contributed by atoms with Crippen molar-refractivity contribution in [2.45, 2.75) is 19.8 Å². The fraction of sp³-hybridized carbons (Fsp3) is 0.143. The van der Waals surface area contributed by atoms with E-state index in [1.807, 2.05) is 6.08 Å². The summed E-state index contributed by atoms with van der Waals surface area (Å²) in [5, 5.41) is 0. The van der Waals surface area contributed by atoms with Crippen molar-refractivity contribution >= 4 is 6.08 Å². The van der Waals surface area contributed by atoms with Crippen molar-refractivity contribution in [1.82, 2.24) is 0 Å². The van der Waals surface area contributed by atoms with Gasteiger partial charge in [0.25, 0.3) is 0 Å². The van der Waals surface area contributed by atoms with Crippen molar-refractivity contribution in [3.63, 3.8) is 0 Å². The van der Waals surface area contributed by atoms with Crippen LogP contribution in [0.5, 0.6) is 0 Å². The molecule has 0 aromatic heterocycles. The Labute approximate surface area is 126 Å². The first-order chi connectivity index (χ1) is 10.2. The first-order valence-corrected chi connectivity index (χ1v) is 7.29. The molecule has 0 radical (unpaired) electrons. The molecule has 0 spiro atoms. The molecule has 0 heteroatoms. The van der Waals surface area contributed by atoms with Crippen LogP contribution in [0, 0.1) is 18.8 Å². The van der Waals surface area contributed by atoms with E-state index in [2.05, 4.69) is 73.9 Å². The van der Waals surface area contributed by atoms with Gasteiger partial charge in [0.2, 0.25) is 0 Å². The summed E-state index contributed by atoms with van der Waals surface area (Å²) in [6.07, 6.45) is 6.33. The van der Waals surface area contributed by atoms with Crippen LogP contribution in [0.4, 0.5) is 0 Å². The zero-order chi connectivity index (χ0) is 14.7. The lowest BCUT2D eigenvalue weighted by Crippen LogP contribution is -1.98. The fourth-order valence-electron chi connectivity index (χ4n) is 2.53. The maximum Gasteiger partial charge on any atom is 0.0252 e. The predicted molar refractivity (Wildman–Crippen MR) is 90.1 cm³/mol. The molecular formula is C21H18. The second kappa shape index (κ2) is 5.85. The molecule has 2 aromatic carbocycles. The molecule has 0 bridgehead atoms. The Balaban J connectivity index is 1.87. The molecule has 0 amide bonds. The molecule has 1 aliphatic rings. The topological polar surface area (TPSA) is 0 Å². The van der Waals surface area contributed by atoms with E-state index in [0.717, 1.165) is 24.0 Å². The van der Waals surface area contributed by atoms with E-state index in [4.69, 9.17) is 0 Å². The van der Waals surface area contributed by atoms with Crippen molar-refractivity contribution in [2.75, 3.05) is 0 Å². The Hall–Kier alpha value is -2.52. The molecule has 0 atom stereocenters. The normalized spacial score (nSPS) is 12.7. The molecule has 0 fully saturated rings. The van der Waals surface area contributed by atoms with Crippen LogP contribution in [-0.2, 0) is 6.42 Å². The lowest BCUT2D eigenvalue weighted by molar-refractivity contribution is 0.950. The van der Waals surface area contributed by atoms with E-state index < -0.39 is 0 Å². The van der Waals surface area contributed by atoms with Gasteiger partial charge in [-0.1, -0.05) is 54.3 Å². The molecule has 0 aliphatic heterocycles. The first-order valence-electron chi connectivity index (χ1n) is 7.29. The van der Waals surface area contributed by atoms with Gasteiger partial charge in [-0.05, 0) is 60.7 Å². The number of hydrogen-bond donors (Lipinski definition) is 0. The number of fused-ring (bicyclic) bond motifs is 1. The minimum Gasteiger partial charge on any atom is -0.0988 e. The summed E-state index contributed by atoms with van der Waals surface area (Å²) in [6.45, 7) is 5.94. The van der Waals surface area contributed by atoms with Crippen LogP contribution in [0.3, 0.4) is 0 Å². The van der Waals surface area contributed by atoms with Crippen LogP contribution in [-0.4, -0.2) is 0 Å². The van der Waals surface area contributed by atoms with Gasteiger partial charge in [-0.15, -0.1) is 0 Å². The molecule has 0 saturated carbocycles. The van der Waals surface area contributed by atoms with E-state index in [9.17, 15) is 0 Å². The molecule has 0 unspecified atom stereocenters. The molecule has 0 N–H and O–H groups in total. The standard InChI is InChI=1S/C21H18/c1-3-17-10-12-21-15-19(11-13-20(21)14-17)9-8-18-6-4-16(2)5-7-18/h3-7,11,13-15H,1,10,12H2,2H3. The van der Waals surface area contributed by atoms with E-state index in [1.54, 1.807) is 0 Å². The van der Waals surface area contributed by atoms with Crippen molar-refractivity contribution in [2.24, 2.45) is 0 Å². The number of allylic oxidation sites excluding steroid dienone is 2. The zero-order valence-electron chi connectivity index (χ0n) is 12.3. The third kappa shape index (κ3) is 3.15. The summed E-state index contributed by atoms with van der Waals surface area (Å²) in [6, 6.07) is 14.8. The smallest absolute Gasteiger partial charge is 0.0252 e. The maximum atomic E-state index is 3.85. The van der Waals surface area contributed by atoms with E-state index in [0.29, 0.717) is 0 Å². The van der Waals surface area contributed by atoms with Gasteiger partial charge < -0.3 is 0 Å². The summed E-state index contributed by atoms with van der Waals surface area (Å²) >= 11 is 0. The van der Waals surface area contributed by atoms with Gasteiger partial charge in [0.1, 0.15) is 0 Å². The third-order valence-electron chi connectivity index (χ3n) is 3.83. The number of hydrogen-bond acceptors (Lipinski definition) is 0. The largest absolute Gasteiger partial charge is 0.0988 e. The second-order valence-corrected chi connectivity index (χ2v) is 5.45. The highest BCUT2D eigenvalue weighted by Crippen LogP contribution is 2.25. The van der Waals surface area contributed by atoms with Gasteiger partial charge in [-0.2, -0.15) is 0 Å². The lowest BCUT2D eigenvalue weighted by atomic mass is 9.91. The molecule has 0 heterocycles. The third-order valence-corrected chi connectivity index (χ3v) is 3.83. The van der Waals surface area contributed by atoms with Gasteiger partial charge in [-0.25, -0.2) is 0 Å². The molecule has 3 rings (SSSR count). The molecule has 2 aromatic rings. The summed E-state index contributed by atoms with van der Waals surface area (Å²) in [4.78, 5) is 0. The highest BCUT2D eigenvalue weighted by molar-refractivity contribution is 5.63. The molecule has 21 heavy (non-hydrogen) atoms. The van der Waals surface area contributed by atoms with Gasteiger partial charge in [0, 0.05) is 11.1 Å². The maximum absolute atomic E-state index is 3.85. The Bertz CT molecular complexity index is 762. The lowest BCUT2D eigenvalue weighted by Gasteiger charge is -2.14. The Morgan fingerprint density at radius 2 is 1.67 bits per heavy atom. The van der Waals surface area contributed by atoms with E-state index >= 15 is 0 Å². The van der Waals surface area contributed by atoms with Gasteiger partial charge in [-0.3, -0.25) is 0 Å². The van der Waals surface area contributed by atoms with Gasteiger partial charge in [0.05, 0.1) is 0 Å². The van der Waals surface area contributed by atoms with Crippen molar-refractivity contribution in [1.29, 1.82) is 0 Å². The second-order valence-electron chi connectivity index (χ2n) is 5.45. The van der Waals surface area contributed by atoms with Crippen LogP contribution in [0.25, 0.3) is 6.08 Å². The summed E-state index contributed by atoms with van der Waals surface area (Å²) in [5.74, 6) is 6.50. The van der Waals surface area contributed by atoms with E-state index in [1.165, 1.54) is 22.3 Å². The highest BCUT2D eigenvalue weighted by atomic mass is 14.1. The fourth-order valence-corrected chi connectivity index (χ4v) is 2.53. The quantitative estimate of drug-likeness (QED) is 0.646. The SMILES string of the molecule is C=CC1=Cc2ccc(C#Cc3ccc(C)cc3)cc2CC1. The monoisotopic (exact) mass is 270 g/mol. The molecule has 0 saturated heterocycles. The average Bonchev–Trinajstić information content (AvgIpc) is 2.53. The summed E-state index contributed by atoms with van der Waals surface area (Å²) < 4.78 is 0. The number of rotatable bonds is 1. The molecule has 102 valence electrons. The van der Waals surface area contributed by atoms with Gasteiger partial charge >= 0.3 is 0 Å². The van der Waals surface area contributed by atoms with Gasteiger partial charge in [0.15, 0.2) is 0 Å². The van der Waals surface area contributed by atoms with Crippen LogP contribution < -0.4 is 0 Å². The Morgan fingerprint density at radius 1 is 0.952 bits per heavy atom. The van der Waals surface area contributed by atoms with Crippen molar-refractivity contribution in [3.05, 3.63) is 88.5 Å². The highest BCUT2D eigenvalue weighted by Gasteiger charge is 2.08. The molecule has 1 aliphatic carbocycles. The Kier molecular flexibility index (Phi) is 3.75. The number of benzene rings is 2. The number of aryl methyl sites for hydroxylation is 2. The minimum atomic E-state index is 1.06. The van der Waals surface area contributed by atoms with Crippen LogP contribution >= 0.6 is 0 Å². The van der Waals surface area contributed by atoms with Crippen LogP contribution in [0.2, 0.25) is 0 Å². The van der Waals surface area contributed by atoms with E-state index in [-0.39, 0.29) is 0 Å².